The van der Waals surface area contributed by atoms with Gasteiger partial charge in [0, 0.05) is 12.7 Å². The molecule has 24 heavy (non-hydrogen) atoms. The molecule has 0 aliphatic carbocycles. The normalized spacial score (nSPS) is 11.1. The number of fused-ring (bicyclic) bond motifs is 2. The molecule has 0 bridgehead atoms. The molecular formula is C17H18N4O3. The fraction of sp³-hybridized carbons (Fsp3) is 0.294. The predicted molar refractivity (Wildman–Crippen MR) is 89.1 cm³/mol. The smallest absolute Gasteiger partial charge is 0.341 e. The maximum atomic E-state index is 12.8. The molecular weight excluding hydrogens is 308 g/mol. The number of pyridine rings is 2. The summed E-state index contributed by atoms with van der Waals surface area (Å²) in [5.74, 6) is -0.605. The molecule has 3 aromatic rings. The zero-order valence-corrected chi connectivity index (χ0v) is 13.6. The molecule has 7 nitrogen and oxygen atoms in total. The molecule has 0 aromatic carbocycles. The Labute approximate surface area is 137 Å². The van der Waals surface area contributed by atoms with Gasteiger partial charge in [-0.2, -0.15) is 0 Å². The van der Waals surface area contributed by atoms with Gasteiger partial charge in [-0.05, 0) is 31.5 Å². The van der Waals surface area contributed by atoms with E-state index in [1.54, 1.807) is 35.9 Å². The van der Waals surface area contributed by atoms with Gasteiger partial charge in [0.05, 0.1) is 12.0 Å². The van der Waals surface area contributed by atoms with Crippen LogP contribution in [0.3, 0.4) is 0 Å². The zero-order chi connectivity index (χ0) is 17.3. The molecule has 0 unspecified atom stereocenters. The summed E-state index contributed by atoms with van der Waals surface area (Å²) >= 11 is 0. The van der Waals surface area contributed by atoms with Gasteiger partial charge in [-0.3, -0.25) is 14.6 Å². The fourth-order valence-electron chi connectivity index (χ4n) is 2.69. The van der Waals surface area contributed by atoms with Crippen LogP contribution >= 0.6 is 0 Å². The summed E-state index contributed by atoms with van der Waals surface area (Å²) in [4.78, 5) is 29.5. The molecule has 0 aliphatic heterocycles. The molecule has 0 amide bonds. The van der Waals surface area contributed by atoms with Crippen LogP contribution in [0.2, 0.25) is 0 Å². The highest BCUT2D eigenvalue weighted by Gasteiger charge is 2.17. The minimum absolute atomic E-state index is 0.00924. The molecule has 3 rings (SSSR count). The number of nitrogens with one attached hydrogen (secondary N) is 1. The molecule has 124 valence electrons. The summed E-state index contributed by atoms with van der Waals surface area (Å²) in [7, 11) is 0. The van der Waals surface area contributed by atoms with Crippen molar-refractivity contribution in [2.45, 2.75) is 26.8 Å². The molecule has 7 heteroatoms. The monoisotopic (exact) mass is 326 g/mol. The zero-order valence-electron chi connectivity index (χ0n) is 13.6. The van der Waals surface area contributed by atoms with Crippen LogP contribution in [-0.2, 0) is 11.3 Å². The van der Waals surface area contributed by atoms with E-state index < -0.39 is 5.97 Å². The molecule has 0 saturated heterocycles. The molecule has 0 fully saturated rings. The van der Waals surface area contributed by atoms with E-state index in [1.165, 1.54) is 10.5 Å². The molecule has 3 aromatic heterocycles. The molecule has 1 N–H and O–H groups in total. The average Bonchev–Trinajstić information content (AvgIpc) is 2.58. The second-order valence-electron chi connectivity index (χ2n) is 5.36. The molecule has 0 radical (unpaired) electrons. The number of hydrogen-bond acceptors (Lipinski definition) is 5. The number of ether oxygens (including phenoxy) is 1. The Morgan fingerprint density at radius 3 is 2.83 bits per heavy atom. The Bertz CT molecular complexity index is 1050. The van der Waals surface area contributed by atoms with Gasteiger partial charge in [-0.25, -0.2) is 9.78 Å². The number of hydrogen-bond donors (Lipinski definition) is 1. The van der Waals surface area contributed by atoms with Crippen LogP contribution in [0.4, 0.5) is 0 Å². The average molecular weight is 326 g/mol. The van der Waals surface area contributed by atoms with Crippen molar-refractivity contribution in [3.05, 3.63) is 51.9 Å². The lowest BCUT2D eigenvalue weighted by Gasteiger charge is -2.13. The Kier molecular flexibility index (Phi) is 4.16. The standard InChI is InChI=1S/C17H18N4O3/c1-3-8-21-14(18)11(17(23)24-4-2)10-12-15(21)19-13-7-5-6-9-20(13)16(12)22/h5-7,9-10,18H,3-4,8H2,1-2H3. The van der Waals surface area contributed by atoms with Crippen LogP contribution in [0.15, 0.2) is 35.3 Å². The third-order valence-electron chi connectivity index (χ3n) is 3.76. The number of carbonyl (C=O) groups excluding carboxylic acids is 1. The number of aromatic nitrogens is 3. The highest BCUT2D eigenvalue weighted by molar-refractivity contribution is 5.93. The lowest BCUT2D eigenvalue weighted by atomic mass is 10.2. The van der Waals surface area contributed by atoms with Gasteiger partial charge < -0.3 is 9.30 Å². The summed E-state index contributed by atoms with van der Waals surface area (Å²) in [6.45, 7) is 4.35. The van der Waals surface area contributed by atoms with Crippen LogP contribution in [0.25, 0.3) is 16.7 Å². The predicted octanol–water partition coefficient (Wildman–Crippen LogP) is 1.72. The van der Waals surface area contributed by atoms with Gasteiger partial charge >= 0.3 is 5.97 Å². The Balaban J connectivity index is 2.46. The summed E-state index contributed by atoms with van der Waals surface area (Å²) in [5.41, 5.74) is 0.725. The van der Waals surface area contributed by atoms with Crippen LogP contribution in [0.5, 0.6) is 0 Å². The van der Waals surface area contributed by atoms with E-state index in [0.29, 0.717) is 23.2 Å². The Hall–Kier alpha value is -2.96. The van der Waals surface area contributed by atoms with E-state index in [9.17, 15) is 9.59 Å². The summed E-state index contributed by atoms with van der Waals surface area (Å²) in [5, 5.41) is 8.63. The van der Waals surface area contributed by atoms with Crippen LogP contribution < -0.4 is 11.0 Å². The topological polar surface area (TPSA) is 89.5 Å². The Morgan fingerprint density at radius 1 is 1.33 bits per heavy atom. The first-order valence-corrected chi connectivity index (χ1v) is 7.85. The number of aryl methyl sites for hydroxylation is 1. The molecule has 0 atom stereocenters. The van der Waals surface area contributed by atoms with Crippen molar-refractivity contribution in [3.63, 3.8) is 0 Å². The van der Waals surface area contributed by atoms with E-state index in [4.69, 9.17) is 10.1 Å². The van der Waals surface area contributed by atoms with E-state index in [1.807, 2.05) is 6.92 Å². The first-order valence-electron chi connectivity index (χ1n) is 7.85. The molecule has 3 heterocycles. The lowest BCUT2D eigenvalue weighted by Crippen LogP contribution is -2.30. The number of esters is 1. The van der Waals surface area contributed by atoms with E-state index in [0.717, 1.165) is 6.42 Å². The third-order valence-corrected chi connectivity index (χ3v) is 3.76. The van der Waals surface area contributed by atoms with E-state index >= 15 is 0 Å². The number of nitrogens with zero attached hydrogens (tertiary/aromatic N) is 3. The van der Waals surface area contributed by atoms with Crippen molar-refractivity contribution in [1.29, 1.82) is 5.41 Å². The number of rotatable bonds is 4. The highest BCUT2D eigenvalue weighted by Crippen LogP contribution is 2.11. The van der Waals surface area contributed by atoms with Crippen LogP contribution in [0.1, 0.15) is 30.6 Å². The van der Waals surface area contributed by atoms with E-state index in [-0.39, 0.29) is 23.2 Å². The van der Waals surface area contributed by atoms with E-state index in [2.05, 4.69) is 4.98 Å². The maximum absolute atomic E-state index is 12.8. The van der Waals surface area contributed by atoms with Gasteiger partial charge in [0.25, 0.3) is 5.56 Å². The van der Waals surface area contributed by atoms with Crippen molar-refractivity contribution in [2.24, 2.45) is 0 Å². The van der Waals surface area contributed by atoms with Gasteiger partial charge in [0.1, 0.15) is 22.3 Å². The van der Waals surface area contributed by atoms with Crippen LogP contribution in [-0.4, -0.2) is 26.5 Å². The van der Waals surface area contributed by atoms with Crippen molar-refractivity contribution in [2.75, 3.05) is 6.61 Å². The first kappa shape index (κ1) is 15.9. The summed E-state index contributed by atoms with van der Waals surface area (Å²) in [6, 6.07) is 6.69. The largest absolute Gasteiger partial charge is 0.462 e. The first-order chi connectivity index (χ1) is 11.6. The quantitative estimate of drug-likeness (QED) is 0.584. The van der Waals surface area contributed by atoms with Gasteiger partial charge in [-0.15, -0.1) is 0 Å². The molecule has 0 aliphatic rings. The second-order valence-corrected chi connectivity index (χ2v) is 5.36. The third kappa shape index (κ3) is 2.47. The summed E-state index contributed by atoms with van der Waals surface area (Å²) in [6.07, 6.45) is 2.38. The lowest BCUT2D eigenvalue weighted by molar-refractivity contribution is 0.0523. The van der Waals surface area contributed by atoms with Gasteiger partial charge in [0.15, 0.2) is 0 Å². The minimum atomic E-state index is -0.605. The second kappa shape index (κ2) is 6.27. The highest BCUT2D eigenvalue weighted by atomic mass is 16.5. The van der Waals surface area contributed by atoms with Crippen LogP contribution in [0, 0.1) is 5.41 Å². The number of carbonyl (C=O) groups is 1. The van der Waals surface area contributed by atoms with Gasteiger partial charge in [0.2, 0.25) is 0 Å². The summed E-state index contributed by atoms with van der Waals surface area (Å²) < 4.78 is 8.04. The van der Waals surface area contributed by atoms with Crippen molar-refractivity contribution < 1.29 is 9.53 Å². The maximum Gasteiger partial charge on any atom is 0.341 e. The molecule has 0 saturated carbocycles. The minimum Gasteiger partial charge on any atom is -0.462 e. The van der Waals surface area contributed by atoms with Crippen molar-refractivity contribution in [3.8, 4) is 0 Å². The Morgan fingerprint density at radius 2 is 2.12 bits per heavy atom. The van der Waals surface area contributed by atoms with Crippen molar-refractivity contribution in [1.82, 2.24) is 14.0 Å². The fourth-order valence-corrected chi connectivity index (χ4v) is 2.69. The SMILES string of the molecule is CCCn1c(=N)c(C(=O)OCC)cc2c(=O)n3ccccc3nc21. The van der Waals surface area contributed by atoms with Gasteiger partial charge in [-0.1, -0.05) is 13.0 Å². The van der Waals surface area contributed by atoms with Crippen molar-refractivity contribution >= 4 is 22.6 Å². The molecule has 0 spiro atoms.